The molecule has 0 bridgehead atoms. The summed E-state index contributed by atoms with van der Waals surface area (Å²) in [5, 5.41) is 11.6. The fraction of sp³-hybridized carbons (Fsp3) is 0.611. The average molecular weight is 572 g/mol. The van der Waals surface area contributed by atoms with Gasteiger partial charge in [-0.25, -0.2) is 4.79 Å². The van der Waals surface area contributed by atoms with E-state index in [1.54, 1.807) is 0 Å². The molecule has 2 aliphatic heterocycles. The van der Waals surface area contributed by atoms with Crippen LogP contribution in [-0.2, 0) is 26.3 Å². The van der Waals surface area contributed by atoms with Gasteiger partial charge in [-0.1, -0.05) is 68.7 Å². The molecule has 4 aliphatic carbocycles. The van der Waals surface area contributed by atoms with Gasteiger partial charge in [0.1, 0.15) is 11.2 Å². The number of nitrogens with two attached hydrogens (primary N) is 1. The van der Waals surface area contributed by atoms with Gasteiger partial charge < -0.3 is 20.3 Å². The topological polar surface area (TPSA) is 98.9 Å². The highest BCUT2D eigenvalue weighted by Gasteiger charge is 2.93. The summed E-state index contributed by atoms with van der Waals surface area (Å²) in [6, 6.07) is 6.07. The van der Waals surface area contributed by atoms with Crippen molar-refractivity contribution in [2.75, 3.05) is 6.54 Å². The van der Waals surface area contributed by atoms with Crippen LogP contribution >= 0.6 is 0 Å². The van der Waals surface area contributed by atoms with Gasteiger partial charge in [-0.2, -0.15) is 0 Å². The summed E-state index contributed by atoms with van der Waals surface area (Å²) in [5.41, 5.74) is 8.04. The van der Waals surface area contributed by atoms with Crippen molar-refractivity contribution in [3.05, 3.63) is 69.7 Å². The van der Waals surface area contributed by atoms with Gasteiger partial charge in [0.2, 0.25) is 0 Å². The maximum Gasteiger partial charge on any atom is 0.339 e. The first-order chi connectivity index (χ1) is 20.3. The van der Waals surface area contributed by atoms with E-state index in [0.29, 0.717) is 54.9 Å². The highest BCUT2D eigenvalue weighted by molar-refractivity contribution is 6.00. The second-order valence-electron chi connectivity index (χ2n) is 13.7. The predicted octanol–water partition coefficient (Wildman–Crippen LogP) is 7.19. The first-order valence-electron chi connectivity index (χ1n) is 16.4. The average Bonchev–Trinajstić information content (AvgIpc) is 3.44. The fourth-order valence-corrected chi connectivity index (χ4v) is 10.7. The smallest absolute Gasteiger partial charge is 0.339 e. The fourth-order valence-electron chi connectivity index (χ4n) is 10.7. The third-order valence-electron chi connectivity index (χ3n) is 12.0. The van der Waals surface area contributed by atoms with Crippen LogP contribution in [0.25, 0.3) is 0 Å². The zero-order valence-corrected chi connectivity index (χ0v) is 25.3. The number of allylic oxidation sites excluding steroid dienone is 4. The van der Waals surface area contributed by atoms with E-state index < -0.39 is 16.4 Å². The number of hydrogen-bond acceptors (Lipinski definition) is 6. The van der Waals surface area contributed by atoms with E-state index in [2.05, 4.69) is 26.0 Å². The third-order valence-corrected chi connectivity index (χ3v) is 12.0. The molecule has 0 amide bonds. The molecule has 6 aliphatic rings. The van der Waals surface area contributed by atoms with Crippen LogP contribution in [0.1, 0.15) is 106 Å². The minimum atomic E-state index is -1.05. The molecule has 2 heterocycles. The number of esters is 2. The number of aliphatic hydroxyl groups is 1. The standard InChI is InChI=1S/C36H45NO5/c1-4-9-28(38)31-34-19-18-25-24-14-6-11-21(3)23(24)16-17-26(25)35(34,33(40)41-31)29(10-5-2)36(34)27-15-7-12-22(13-8-20-37)30(27)32(39)42-36/h6-7,12,14-15,21,23-24,29,38H,4-5,8-11,13,16-20,37H2,1-3H3/b31-28+/t21-,23+,24+,29-,34+,35-,36+/m0/s1. The zero-order valence-electron chi connectivity index (χ0n) is 25.3. The van der Waals surface area contributed by atoms with Gasteiger partial charge in [-0.05, 0) is 81.7 Å². The molecule has 2 fully saturated rings. The molecule has 0 unspecified atom stereocenters. The van der Waals surface area contributed by atoms with Crippen LogP contribution in [0.15, 0.2) is 53.0 Å². The zero-order chi connectivity index (χ0) is 29.4. The summed E-state index contributed by atoms with van der Waals surface area (Å²) in [6.45, 7) is 7.07. The van der Waals surface area contributed by atoms with Crippen molar-refractivity contribution >= 4 is 11.9 Å². The van der Waals surface area contributed by atoms with Crippen molar-refractivity contribution in [2.45, 2.75) is 97.0 Å². The molecule has 1 spiro atoms. The Labute approximate surface area is 249 Å². The maximum absolute atomic E-state index is 14.6. The molecule has 7 rings (SSSR count). The Morgan fingerprint density at radius 3 is 2.76 bits per heavy atom. The Balaban J connectivity index is 1.51. The molecule has 3 N–H and O–H groups in total. The van der Waals surface area contributed by atoms with Crippen molar-refractivity contribution in [3.63, 3.8) is 0 Å². The lowest BCUT2D eigenvalue weighted by molar-refractivity contribution is -0.278. The van der Waals surface area contributed by atoms with Crippen LogP contribution in [-0.4, -0.2) is 23.6 Å². The Morgan fingerprint density at radius 2 is 2.00 bits per heavy atom. The quantitative estimate of drug-likeness (QED) is 0.204. The van der Waals surface area contributed by atoms with Crippen molar-refractivity contribution in [1.29, 1.82) is 0 Å². The van der Waals surface area contributed by atoms with Crippen LogP contribution in [0, 0.1) is 34.5 Å². The number of carbonyl (C=O) groups excluding carboxylic acids is 2. The summed E-state index contributed by atoms with van der Waals surface area (Å²) in [5.74, 6) is 1.24. The highest BCUT2D eigenvalue weighted by atomic mass is 16.6. The normalized spacial score (nSPS) is 38.7. The molecule has 1 aromatic rings. The molecule has 224 valence electrons. The Kier molecular flexibility index (Phi) is 6.54. The molecule has 0 aromatic heterocycles. The van der Waals surface area contributed by atoms with Crippen LogP contribution in [0.2, 0.25) is 0 Å². The summed E-state index contributed by atoms with van der Waals surface area (Å²) in [4.78, 5) is 28.6. The van der Waals surface area contributed by atoms with Crippen LogP contribution in [0.5, 0.6) is 0 Å². The number of hydrogen-bond donors (Lipinski definition) is 2. The van der Waals surface area contributed by atoms with Crippen molar-refractivity contribution in [3.8, 4) is 0 Å². The van der Waals surface area contributed by atoms with E-state index in [1.165, 1.54) is 11.1 Å². The van der Waals surface area contributed by atoms with E-state index >= 15 is 0 Å². The summed E-state index contributed by atoms with van der Waals surface area (Å²) in [7, 11) is 0. The Hall–Kier alpha value is -2.86. The number of aryl methyl sites for hydroxylation is 1. The number of ether oxygens (including phenoxy) is 2. The first-order valence-corrected chi connectivity index (χ1v) is 16.4. The summed E-state index contributed by atoms with van der Waals surface area (Å²) < 4.78 is 13.1. The van der Waals surface area contributed by atoms with E-state index in [1.807, 2.05) is 25.1 Å². The van der Waals surface area contributed by atoms with Gasteiger partial charge in [-0.3, -0.25) is 4.79 Å². The van der Waals surface area contributed by atoms with Crippen molar-refractivity contribution in [2.24, 2.45) is 40.2 Å². The van der Waals surface area contributed by atoms with E-state index in [9.17, 15) is 14.7 Å². The van der Waals surface area contributed by atoms with Gasteiger partial charge in [0.25, 0.3) is 0 Å². The molecule has 0 radical (unpaired) electrons. The number of cyclic esters (lactones) is 1. The Morgan fingerprint density at radius 1 is 1.17 bits per heavy atom. The van der Waals surface area contributed by atoms with Gasteiger partial charge >= 0.3 is 11.9 Å². The number of carbonyl (C=O) groups is 2. The molecule has 6 nitrogen and oxygen atoms in total. The van der Waals surface area contributed by atoms with Gasteiger partial charge in [0.05, 0.1) is 11.0 Å². The number of aliphatic hydroxyl groups excluding tert-OH is 1. The van der Waals surface area contributed by atoms with Crippen LogP contribution in [0.3, 0.4) is 0 Å². The van der Waals surface area contributed by atoms with E-state index in [4.69, 9.17) is 15.2 Å². The number of fused-ring (bicyclic) bond motifs is 4. The van der Waals surface area contributed by atoms with Crippen LogP contribution < -0.4 is 5.73 Å². The molecule has 1 aromatic carbocycles. The number of rotatable bonds is 7. The van der Waals surface area contributed by atoms with Gasteiger partial charge in [0, 0.05) is 23.8 Å². The molecule has 42 heavy (non-hydrogen) atoms. The van der Waals surface area contributed by atoms with Gasteiger partial charge in [-0.15, -0.1) is 0 Å². The molecule has 7 atom stereocenters. The van der Waals surface area contributed by atoms with E-state index in [-0.39, 0.29) is 23.6 Å². The van der Waals surface area contributed by atoms with Gasteiger partial charge in [0.15, 0.2) is 11.4 Å². The first kappa shape index (κ1) is 27.9. The summed E-state index contributed by atoms with van der Waals surface area (Å²) >= 11 is 0. The molecule has 1 saturated heterocycles. The lowest BCUT2D eigenvalue weighted by Crippen LogP contribution is -2.77. The molecule has 1 saturated carbocycles. The second-order valence-corrected chi connectivity index (χ2v) is 13.7. The highest BCUT2D eigenvalue weighted by Crippen LogP contribution is 2.87. The van der Waals surface area contributed by atoms with Crippen molar-refractivity contribution < 1.29 is 24.2 Å². The monoisotopic (exact) mass is 571 g/mol. The lowest BCUT2D eigenvalue weighted by atomic mass is 9.28. The third kappa shape index (κ3) is 3.10. The number of benzene rings is 1. The van der Waals surface area contributed by atoms with E-state index in [0.717, 1.165) is 62.5 Å². The maximum atomic E-state index is 14.6. The Bertz CT molecular complexity index is 1440. The molecular formula is C36H45NO5. The second kappa shape index (κ2) is 9.83. The van der Waals surface area contributed by atoms with Crippen molar-refractivity contribution in [1.82, 2.24) is 0 Å². The minimum Gasteiger partial charge on any atom is -0.509 e. The summed E-state index contributed by atoms with van der Waals surface area (Å²) in [6.07, 6.45) is 13.4. The predicted molar refractivity (Wildman–Crippen MR) is 160 cm³/mol. The minimum absolute atomic E-state index is 0.134. The molecular weight excluding hydrogens is 526 g/mol. The molecule has 6 heteroatoms. The SMILES string of the molecule is CCC/C(O)=C1\OC(=O)[C@@]23C4=C(CC[C@@]12[C@]1(OC(=O)c2c(CCCN)cccc21)[C@H]3CCC)[C@@H]1C=CC[C@H](C)[C@H]1CC4. The lowest BCUT2D eigenvalue weighted by Gasteiger charge is -2.71. The largest absolute Gasteiger partial charge is 0.509 e. The van der Waals surface area contributed by atoms with Crippen LogP contribution in [0.4, 0.5) is 0 Å².